The number of rotatable bonds is 7. The number of hydrogen-bond acceptors (Lipinski definition) is 6. The van der Waals surface area contributed by atoms with Crippen LogP contribution in [0.4, 0.5) is 13.2 Å². The molecular weight excluding hydrogens is 441 g/mol. The number of hydrogen-bond donors (Lipinski definition) is 0. The molecule has 0 bridgehead atoms. The Labute approximate surface area is 177 Å². The van der Waals surface area contributed by atoms with Crippen LogP contribution in [-0.4, -0.2) is 45.1 Å². The molecular formula is C20H20F3O7S. The Morgan fingerprint density at radius 3 is 2.03 bits per heavy atom. The largest absolute Gasteiger partial charge is 0.573 e. The fraction of sp³-hybridized carbons (Fsp3) is 0.400. The second-order valence-corrected chi connectivity index (χ2v) is 9.31. The SMILES string of the molecule is CC1(C)OC[C@@H]([C@@H]([O])CS(=O)(=O)c2ccc(Oc3ccc(OC(F)(F)F)cc3)cc2)O1. The first-order valence-electron chi connectivity index (χ1n) is 9.17. The highest BCUT2D eigenvalue weighted by molar-refractivity contribution is 7.91. The van der Waals surface area contributed by atoms with Crippen LogP contribution >= 0.6 is 0 Å². The van der Waals surface area contributed by atoms with Crippen LogP contribution in [0.25, 0.3) is 0 Å². The summed E-state index contributed by atoms with van der Waals surface area (Å²) < 4.78 is 81.6. The summed E-state index contributed by atoms with van der Waals surface area (Å²) in [6, 6.07) is 10.1. The van der Waals surface area contributed by atoms with Crippen molar-refractivity contribution in [3.63, 3.8) is 0 Å². The Hall–Kier alpha value is -2.34. The first-order valence-corrected chi connectivity index (χ1v) is 10.8. The van der Waals surface area contributed by atoms with Gasteiger partial charge in [0.2, 0.25) is 0 Å². The zero-order chi connectivity index (χ0) is 22.9. The second kappa shape index (κ2) is 8.65. The lowest BCUT2D eigenvalue weighted by Gasteiger charge is -2.19. The van der Waals surface area contributed by atoms with Crippen molar-refractivity contribution in [2.45, 2.75) is 43.1 Å². The van der Waals surface area contributed by atoms with Gasteiger partial charge in [0.15, 0.2) is 15.6 Å². The zero-order valence-corrected chi connectivity index (χ0v) is 17.4. The second-order valence-electron chi connectivity index (χ2n) is 7.28. The van der Waals surface area contributed by atoms with Crippen molar-refractivity contribution in [3.8, 4) is 17.2 Å². The predicted octanol–water partition coefficient (Wildman–Crippen LogP) is 4.10. The van der Waals surface area contributed by atoms with Crippen molar-refractivity contribution in [2.24, 2.45) is 0 Å². The van der Waals surface area contributed by atoms with Gasteiger partial charge < -0.3 is 18.9 Å². The lowest BCUT2D eigenvalue weighted by atomic mass is 10.2. The molecule has 1 heterocycles. The number of alkyl halides is 3. The third-order valence-corrected chi connectivity index (χ3v) is 6.06. The molecule has 1 fully saturated rings. The summed E-state index contributed by atoms with van der Waals surface area (Å²) in [5, 5.41) is 12.3. The average molecular weight is 461 g/mol. The molecule has 3 rings (SSSR count). The highest BCUT2D eigenvalue weighted by Gasteiger charge is 2.39. The standard InChI is InChI=1S/C20H20F3O7S/c1-19(2)27-11-18(30-19)17(24)12-31(25,26)16-9-7-14(8-10-16)28-13-3-5-15(6-4-13)29-20(21,22)23/h3-10,17-18H,11-12H2,1-2H3/t17-,18-/m0/s1. The molecule has 0 saturated carbocycles. The van der Waals surface area contributed by atoms with Crippen molar-refractivity contribution in [1.82, 2.24) is 0 Å². The number of benzene rings is 2. The highest BCUT2D eigenvalue weighted by Crippen LogP contribution is 2.29. The van der Waals surface area contributed by atoms with E-state index in [-0.39, 0.29) is 23.0 Å². The van der Waals surface area contributed by atoms with Gasteiger partial charge in [0.1, 0.15) is 29.5 Å². The first-order chi connectivity index (χ1) is 14.3. The molecule has 1 aliphatic rings. The highest BCUT2D eigenvalue weighted by atomic mass is 32.2. The molecule has 7 nitrogen and oxygen atoms in total. The molecule has 31 heavy (non-hydrogen) atoms. The molecule has 11 heteroatoms. The molecule has 1 aliphatic heterocycles. The molecule has 0 aliphatic carbocycles. The molecule has 1 saturated heterocycles. The third-order valence-electron chi connectivity index (χ3n) is 4.30. The van der Waals surface area contributed by atoms with E-state index in [0.29, 0.717) is 0 Å². The molecule has 0 unspecified atom stereocenters. The van der Waals surface area contributed by atoms with Crippen LogP contribution in [0.15, 0.2) is 53.4 Å². The molecule has 0 spiro atoms. The van der Waals surface area contributed by atoms with Crippen LogP contribution in [0.1, 0.15) is 13.8 Å². The van der Waals surface area contributed by atoms with Crippen LogP contribution in [-0.2, 0) is 24.4 Å². The van der Waals surface area contributed by atoms with Crippen molar-refractivity contribution in [1.29, 1.82) is 0 Å². The molecule has 2 aromatic rings. The van der Waals surface area contributed by atoms with Gasteiger partial charge in [-0.25, -0.2) is 13.5 Å². The summed E-state index contributed by atoms with van der Waals surface area (Å²) in [5.74, 6) is -1.49. The smallest absolute Gasteiger partial charge is 0.457 e. The van der Waals surface area contributed by atoms with E-state index in [1.54, 1.807) is 13.8 Å². The summed E-state index contributed by atoms with van der Waals surface area (Å²) >= 11 is 0. The van der Waals surface area contributed by atoms with Gasteiger partial charge in [0.05, 0.1) is 17.3 Å². The van der Waals surface area contributed by atoms with Crippen molar-refractivity contribution in [2.75, 3.05) is 12.4 Å². The van der Waals surface area contributed by atoms with Crippen LogP contribution in [0.5, 0.6) is 17.2 Å². The molecule has 169 valence electrons. The van der Waals surface area contributed by atoms with Gasteiger partial charge in [-0.2, -0.15) is 0 Å². The minimum absolute atomic E-state index is 0.0241. The molecule has 2 atom stereocenters. The van der Waals surface area contributed by atoms with E-state index in [2.05, 4.69) is 4.74 Å². The Morgan fingerprint density at radius 2 is 1.55 bits per heavy atom. The van der Waals surface area contributed by atoms with Gasteiger partial charge in [-0.05, 0) is 62.4 Å². The topological polar surface area (TPSA) is 91.0 Å². The Balaban J connectivity index is 1.61. The summed E-state index contributed by atoms with van der Waals surface area (Å²) in [7, 11) is -3.87. The van der Waals surface area contributed by atoms with Crippen LogP contribution in [0, 0.1) is 0 Å². The summed E-state index contributed by atoms with van der Waals surface area (Å²) in [4.78, 5) is -0.0622. The first kappa shape index (κ1) is 23.3. The number of sulfone groups is 1. The zero-order valence-electron chi connectivity index (χ0n) is 16.6. The quantitative estimate of drug-likeness (QED) is 0.617. The monoisotopic (exact) mass is 461 g/mol. The van der Waals surface area contributed by atoms with E-state index in [0.717, 1.165) is 12.1 Å². The molecule has 0 amide bonds. The van der Waals surface area contributed by atoms with Crippen molar-refractivity contribution >= 4 is 9.84 Å². The lowest BCUT2D eigenvalue weighted by Crippen LogP contribution is -2.35. The average Bonchev–Trinajstić information content (AvgIpc) is 3.02. The van der Waals surface area contributed by atoms with Crippen LogP contribution in [0.2, 0.25) is 0 Å². The summed E-state index contributed by atoms with van der Waals surface area (Å²) in [6.45, 7) is 3.31. The Bertz CT molecular complexity index is 987. The maximum Gasteiger partial charge on any atom is 0.573 e. The van der Waals surface area contributed by atoms with E-state index >= 15 is 0 Å². The molecule has 1 radical (unpaired) electrons. The van der Waals surface area contributed by atoms with E-state index in [9.17, 15) is 26.7 Å². The van der Waals surface area contributed by atoms with Crippen molar-refractivity contribution in [3.05, 3.63) is 48.5 Å². The Kier molecular flexibility index (Phi) is 6.51. The predicted molar refractivity (Wildman–Crippen MR) is 101 cm³/mol. The van der Waals surface area contributed by atoms with Crippen LogP contribution < -0.4 is 9.47 Å². The minimum Gasteiger partial charge on any atom is -0.457 e. The van der Waals surface area contributed by atoms with Gasteiger partial charge in [0.25, 0.3) is 0 Å². The molecule has 0 N–H and O–H groups in total. The number of ether oxygens (including phenoxy) is 4. The van der Waals surface area contributed by atoms with Gasteiger partial charge in [0, 0.05) is 0 Å². The minimum atomic E-state index is -4.79. The molecule has 0 aromatic heterocycles. The van der Waals surface area contributed by atoms with E-state index in [1.807, 2.05) is 0 Å². The number of halogens is 3. The van der Waals surface area contributed by atoms with E-state index in [4.69, 9.17) is 14.2 Å². The normalized spacial score (nSPS) is 19.7. The maximum atomic E-state index is 12.5. The van der Waals surface area contributed by atoms with Gasteiger partial charge >= 0.3 is 6.36 Å². The molecule has 2 aromatic carbocycles. The van der Waals surface area contributed by atoms with E-state index in [1.165, 1.54) is 36.4 Å². The third kappa shape index (κ3) is 6.57. The van der Waals surface area contributed by atoms with Gasteiger partial charge in [-0.1, -0.05) is 0 Å². The maximum absolute atomic E-state index is 12.5. The summed E-state index contributed by atoms with van der Waals surface area (Å²) in [5.41, 5.74) is 0. The lowest BCUT2D eigenvalue weighted by molar-refractivity contribution is -0.274. The summed E-state index contributed by atoms with van der Waals surface area (Å²) in [6.07, 6.45) is -7.17. The van der Waals surface area contributed by atoms with Gasteiger partial charge in [-0.15, -0.1) is 13.2 Å². The Morgan fingerprint density at radius 1 is 1.03 bits per heavy atom. The fourth-order valence-corrected chi connectivity index (χ4v) is 4.27. The fourth-order valence-electron chi connectivity index (χ4n) is 2.88. The van der Waals surface area contributed by atoms with Gasteiger partial charge in [-0.3, -0.25) is 0 Å². The van der Waals surface area contributed by atoms with Crippen molar-refractivity contribution < 1.29 is 45.6 Å². The van der Waals surface area contributed by atoms with E-state index < -0.39 is 45.7 Å². The van der Waals surface area contributed by atoms with Crippen LogP contribution in [0.3, 0.4) is 0 Å².